The van der Waals surface area contributed by atoms with Crippen molar-refractivity contribution in [3.63, 3.8) is 0 Å². The first-order valence-corrected chi connectivity index (χ1v) is 6.32. The zero-order chi connectivity index (χ0) is 13.1. The zero-order valence-electron chi connectivity index (χ0n) is 11.0. The van der Waals surface area contributed by atoms with Crippen LogP contribution in [0.15, 0.2) is 24.3 Å². The molecule has 0 saturated carbocycles. The number of anilines is 1. The number of likely N-dealkylation sites (N-methyl/N-ethyl adjacent to an activating group) is 2. The van der Waals surface area contributed by atoms with Crippen LogP contribution in [0.25, 0.3) is 0 Å². The number of hydrogen-bond donors (Lipinski definition) is 1. The van der Waals surface area contributed by atoms with Gasteiger partial charge in [0.2, 0.25) is 0 Å². The lowest BCUT2D eigenvalue weighted by Crippen LogP contribution is -2.45. The van der Waals surface area contributed by atoms with Crippen LogP contribution in [0.3, 0.4) is 0 Å². The summed E-state index contributed by atoms with van der Waals surface area (Å²) >= 11 is 0. The molecular formula is C14H20N2O2. The van der Waals surface area contributed by atoms with Crippen molar-refractivity contribution in [3.05, 3.63) is 29.8 Å². The summed E-state index contributed by atoms with van der Waals surface area (Å²) < 4.78 is 0. The van der Waals surface area contributed by atoms with Gasteiger partial charge in [-0.3, -0.25) is 0 Å². The largest absolute Gasteiger partial charge is 0.478 e. The van der Waals surface area contributed by atoms with Crippen LogP contribution in [-0.4, -0.2) is 49.2 Å². The number of benzene rings is 1. The fourth-order valence-electron chi connectivity index (χ4n) is 2.52. The second-order valence-corrected chi connectivity index (χ2v) is 5.02. The Hall–Kier alpha value is -1.55. The van der Waals surface area contributed by atoms with E-state index in [2.05, 4.69) is 16.8 Å². The van der Waals surface area contributed by atoms with Crippen molar-refractivity contribution in [3.8, 4) is 0 Å². The van der Waals surface area contributed by atoms with Crippen LogP contribution >= 0.6 is 0 Å². The van der Waals surface area contributed by atoms with E-state index in [1.54, 1.807) is 12.1 Å². The lowest BCUT2D eigenvalue weighted by Gasteiger charge is -2.37. The van der Waals surface area contributed by atoms with Gasteiger partial charge in [-0.2, -0.15) is 0 Å². The van der Waals surface area contributed by atoms with Crippen LogP contribution in [0.1, 0.15) is 23.2 Å². The average Bonchev–Trinajstić information content (AvgIpc) is 2.38. The molecule has 4 nitrogen and oxygen atoms in total. The van der Waals surface area contributed by atoms with Crippen LogP contribution in [0, 0.1) is 0 Å². The molecule has 0 spiro atoms. The van der Waals surface area contributed by atoms with E-state index < -0.39 is 5.97 Å². The van der Waals surface area contributed by atoms with Crippen LogP contribution < -0.4 is 4.90 Å². The van der Waals surface area contributed by atoms with E-state index in [0.717, 1.165) is 25.2 Å². The molecule has 1 aromatic rings. The van der Waals surface area contributed by atoms with E-state index in [1.165, 1.54) is 6.42 Å². The maximum absolute atomic E-state index is 11.0. The van der Waals surface area contributed by atoms with Crippen molar-refractivity contribution in [1.82, 2.24) is 4.90 Å². The van der Waals surface area contributed by atoms with Gasteiger partial charge in [-0.25, -0.2) is 4.79 Å². The van der Waals surface area contributed by atoms with Gasteiger partial charge in [-0.15, -0.1) is 0 Å². The van der Waals surface area contributed by atoms with E-state index in [4.69, 9.17) is 5.11 Å². The lowest BCUT2D eigenvalue weighted by atomic mass is 10.0. The molecule has 1 unspecified atom stereocenters. The van der Waals surface area contributed by atoms with E-state index in [-0.39, 0.29) is 0 Å². The van der Waals surface area contributed by atoms with Gasteiger partial charge >= 0.3 is 5.97 Å². The minimum absolute atomic E-state index is 0.350. The summed E-state index contributed by atoms with van der Waals surface area (Å²) in [7, 11) is 4.18. The number of hydrogen-bond acceptors (Lipinski definition) is 3. The van der Waals surface area contributed by atoms with Crippen molar-refractivity contribution >= 4 is 11.7 Å². The third-order valence-electron chi connectivity index (χ3n) is 3.65. The monoisotopic (exact) mass is 248 g/mol. The average molecular weight is 248 g/mol. The van der Waals surface area contributed by atoms with Crippen LogP contribution in [-0.2, 0) is 0 Å². The van der Waals surface area contributed by atoms with Gasteiger partial charge in [0.15, 0.2) is 0 Å². The molecule has 0 radical (unpaired) electrons. The highest BCUT2D eigenvalue weighted by Crippen LogP contribution is 2.22. The highest BCUT2D eigenvalue weighted by molar-refractivity contribution is 5.88. The smallest absolute Gasteiger partial charge is 0.335 e. The fourth-order valence-corrected chi connectivity index (χ4v) is 2.52. The summed E-state index contributed by atoms with van der Waals surface area (Å²) in [5.41, 5.74) is 1.33. The standard InChI is InChI=1S/C14H20N2O2/c1-15-8-4-7-13(10-15)16(2)12-6-3-5-11(9-12)14(17)18/h3,5-6,9,13H,4,7-8,10H2,1-2H3,(H,17,18). The number of likely N-dealkylation sites (tertiary alicyclic amines) is 1. The Labute approximate surface area is 108 Å². The number of rotatable bonds is 3. The third-order valence-corrected chi connectivity index (χ3v) is 3.65. The van der Waals surface area contributed by atoms with E-state index in [1.807, 2.05) is 19.2 Å². The number of piperidine rings is 1. The van der Waals surface area contributed by atoms with Crippen LogP contribution in [0.4, 0.5) is 5.69 Å². The second kappa shape index (κ2) is 5.40. The molecule has 1 N–H and O–H groups in total. The third kappa shape index (κ3) is 2.82. The summed E-state index contributed by atoms with van der Waals surface area (Å²) in [6.45, 7) is 2.19. The van der Waals surface area contributed by atoms with Crippen molar-refractivity contribution in [2.75, 3.05) is 32.1 Å². The van der Waals surface area contributed by atoms with Gasteiger partial charge in [-0.05, 0) is 44.6 Å². The summed E-state index contributed by atoms with van der Waals surface area (Å²) in [6.07, 6.45) is 2.36. The van der Waals surface area contributed by atoms with Crippen LogP contribution in [0.5, 0.6) is 0 Å². The molecule has 1 saturated heterocycles. The summed E-state index contributed by atoms with van der Waals surface area (Å²) in [5.74, 6) is -0.869. The Kier molecular flexibility index (Phi) is 3.87. The number of carbonyl (C=O) groups is 1. The molecule has 0 amide bonds. The normalized spacial score (nSPS) is 20.7. The maximum Gasteiger partial charge on any atom is 0.335 e. The second-order valence-electron chi connectivity index (χ2n) is 5.02. The summed E-state index contributed by atoms with van der Waals surface area (Å²) in [6, 6.07) is 7.62. The van der Waals surface area contributed by atoms with Gasteiger partial charge in [0.05, 0.1) is 5.56 Å². The summed E-state index contributed by atoms with van der Waals surface area (Å²) in [4.78, 5) is 15.5. The van der Waals surface area contributed by atoms with Gasteiger partial charge in [0.1, 0.15) is 0 Å². The van der Waals surface area contributed by atoms with Gasteiger partial charge < -0.3 is 14.9 Å². The number of aromatic carboxylic acids is 1. The molecular weight excluding hydrogens is 228 g/mol. The zero-order valence-corrected chi connectivity index (χ0v) is 11.0. The predicted octanol–water partition coefficient (Wildman–Crippen LogP) is 1.92. The minimum Gasteiger partial charge on any atom is -0.478 e. The van der Waals surface area contributed by atoms with Crippen molar-refractivity contribution in [2.45, 2.75) is 18.9 Å². The van der Waals surface area contributed by atoms with Crippen molar-refractivity contribution < 1.29 is 9.90 Å². The van der Waals surface area contributed by atoms with E-state index in [9.17, 15) is 4.79 Å². The van der Waals surface area contributed by atoms with Crippen LogP contribution in [0.2, 0.25) is 0 Å². The molecule has 1 aliphatic heterocycles. The molecule has 1 aliphatic rings. The molecule has 4 heteroatoms. The quantitative estimate of drug-likeness (QED) is 0.887. The highest BCUT2D eigenvalue weighted by atomic mass is 16.4. The fraction of sp³-hybridized carbons (Fsp3) is 0.500. The first-order valence-electron chi connectivity index (χ1n) is 6.32. The first-order chi connectivity index (χ1) is 8.58. The molecule has 0 bridgehead atoms. The maximum atomic E-state index is 11.0. The molecule has 0 aliphatic carbocycles. The first kappa shape index (κ1) is 12.9. The number of nitrogens with zero attached hydrogens (tertiary/aromatic N) is 2. The summed E-state index contributed by atoms with van der Waals surface area (Å²) in [5, 5.41) is 9.02. The predicted molar refractivity (Wildman–Crippen MR) is 72.3 cm³/mol. The van der Waals surface area contributed by atoms with Gasteiger partial charge in [-0.1, -0.05) is 6.07 Å². The highest BCUT2D eigenvalue weighted by Gasteiger charge is 2.21. The Morgan fingerprint density at radius 3 is 2.94 bits per heavy atom. The molecule has 2 rings (SSSR count). The molecule has 1 fully saturated rings. The van der Waals surface area contributed by atoms with Crippen molar-refractivity contribution in [2.24, 2.45) is 0 Å². The molecule has 1 heterocycles. The molecule has 0 aromatic heterocycles. The molecule has 1 aromatic carbocycles. The molecule has 98 valence electrons. The van der Waals surface area contributed by atoms with E-state index in [0.29, 0.717) is 11.6 Å². The van der Waals surface area contributed by atoms with Crippen molar-refractivity contribution in [1.29, 1.82) is 0 Å². The SMILES string of the molecule is CN1CCCC(N(C)c2cccc(C(=O)O)c2)C1. The number of carboxylic acids is 1. The molecule has 18 heavy (non-hydrogen) atoms. The van der Waals surface area contributed by atoms with Gasteiger partial charge in [0.25, 0.3) is 0 Å². The Morgan fingerprint density at radius 1 is 1.50 bits per heavy atom. The Balaban J connectivity index is 2.14. The Morgan fingerprint density at radius 2 is 2.28 bits per heavy atom. The topological polar surface area (TPSA) is 43.8 Å². The molecule has 1 atom stereocenters. The Bertz CT molecular complexity index is 434. The lowest BCUT2D eigenvalue weighted by molar-refractivity contribution is 0.0697. The van der Waals surface area contributed by atoms with Gasteiger partial charge in [0, 0.05) is 25.3 Å². The van der Waals surface area contributed by atoms with E-state index >= 15 is 0 Å². The number of carboxylic acid groups (broad SMARTS) is 1. The minimum atomic E-state index is -0.869.